The summed E-state index contributed by atoms with van der Waals surface area (Å²) in [5.41, 5.74) is 9.94. The summed E-state index contributed by atoms with van der Waals surface area (Å²) in [5.74, 6) is -4.73. The van der Waals surface area contributed by atoms with Gasteiger partial charge in [-0.3, -0.25) is 24.0 Å². The molecule has 0 rings (SSSR count). The van der Waals surface area contributed by atoms with Crippen LogP contribution in [0.3, 0.4) is 0 Å². The van der Waals surface area contributed by atoms with E-state index < -0.39 is 54.6 Å². The lowest BCUT2D eigenvalue weighted by Crippen LogP contribution is -2.48. The standard InChI is InChI=1S/C13H22N6O7/c14-3-9(21)16-4-10(22)17-5-11(23)18-6-12(24)19-7(13(25)26)1-2-8(15)20/h7H,1-6,14H2,(H2,15,20)(H,16,21)(H,17,22)(H,18,23)(H,19,24)(H,25,26)/t7-/m0/s1. The van der Waals surface area contributed by atoms with E-state index in [1.54, 1.807) is 0 Å². The second kappa shape index (κ2) is 12.2. The van der Waals surface area contributed by atoms with Crippen molar-refractivity contribution in [1.29, 1.82) is 0 Å². The Labute approximate surface area is 148 Å². The van der Waals surface area contributed by atoms with Gasteiger partial charge in [-0.15, -0.1) is 0 Å². The van der Waals surface area contributed by atoms with Crippen molar-refractivity contribution in [3.05, 3.63) is 0 Å². The van der Waals surface area contributed by atoms with E-state index in [1.807, 2.05) is 0 Å². The molecule has 0 bridgehead atoms. The molecule has 0 aliphatic carbocycles. The molecule has 0 aliphatic heterocycles. The van der Waals surface area contributed by atoms with Gasteiger partial charge in [0.05, 0.1) is 26.2 Å². The van der Waals surface area contributed by atoms with Gasteiger partial charge in [-0.05, 0) is 6.42 Å². The molecule has 0 spiro atoms. The zero-order valence-corrected chi connectivity index (χ0v) is 13.9. The van der Waals surface area contributed by atoms with Crippen LogP contribution in [0.5, 0.6) is 0 Å². The van der Waals surface area contributed by atoms with E-state index in [-0.39, 0.29) is 25.9 Å². The summed E-state index contributed by atoms with van der Waals surface area (Å²) in [4.78, 5) is 66.9. The summed E-state index contributed by atoms with van der Waals surface area (Å²) >= 11 is 0. The third-order valence-electron chi connectivity index (χ3n) is 2.84. The van der Waals surface area contributed by atoms with Crippen LogP contribution in [0, 0.1) is 0 Å². The van der Waals surface area contributed by atoms with Gasteiger partial charge < -0.3 is 37.8 Å². The van der Waals surface area contributed by atoms with Crippen molar-refractivity contribution < 1.29 is 33.9 Å². The second-order valence-electron chi connectivity index (χ2n) is 5.00. The lowest BCUT2D eigenvalue weighted by molar-refractivity contribution is -0.142. The molecule has 13 heteroatoms. The molecule has 0 radical (unpaired) electrons. The molecule has 1 atom stereocenters. The second-order valence-corrected chi connectivity index (χ2v) is 5.00. The number of aliphatic carboxylic acids is 1. The average molecular weight is 374 g/mol. The third-order valence-corrected chi connectivity index (χ3v) is 2.84. The summed E-state index contributed by atoms with van der Waals surface area (Å²) in [6, 6.07) is -1.32. The number of primary amides is 1. The van der Waals surface area contributed by atoms with Crippen molar-refractivity contribution in [1.82, 2.24) is 21.3 Å². The minimum absolute atomic E-state index is 0.186. The van der Waals surface area contributed by atoms with E-state index in [0.717, 1.165) is 0 Å². The predicted octanol–water partition coefficient (Wildman–Crippen LogP) is -4.87. The van der Waals surface area contributed by atoms with Crippen molar-refractivity contribution in [2.45, 2.75) is 18.9 Å². The number of hydrogen-bond acceptors (Lipinski definition) is 7. The molecule has 0 aliphatic rings. The molecule has 0 saturated heterocycles. The molecule has 0 unspecified atom stereocenters. The molecule has 0 fully saturated rings. The summed E-state index contributed by atoms with van der Waals surface area (Å²) in [7, 11) is 0. The molecule has 0 aromatic rings. The Kier molecular flexibility index (Phi) is 10.7. The first-order valence-corrected chi connectivity index (χ1v) is 7.46. The summed E-state index contributed by atoms with van der Waals surface area (Å²) in [6.45, 7) is -1.61. The molecule has 0 aromatic heterocycles. The fraction of sp³-hybridized carbons (Fsp3) is 0.538. The van der Waals surface area contributed by atoms with Gasteiger partial charge in [0.15, 0.2) is 0 Å². The molecule has 5 amide bonds. The van der Waals surface area contributed by atoms with Crippen molar-refractivity contribution in [3.63, 3.8) is 0 Å². The number of hydrogen-bond donors (Lipinski definition) is 7. The van der Waals surface area contributed by atoms with Crippen molar-refractivity contribution in [2.75, 3.05) is 26.2 Å². The van der Waals surface area contributed by atoms with Gasteiger partial charge in [0, 0.05) is 6.42 Å². The van der Waals surface area contributed by atoms with Gasteiger partial charge in [0.2, 0.25) is 29.5 Å². The van der Waals surface area contributed by atoms with Gasteiger partial charge >= 0.3 is 5.97 Å². The van der Waals surface area contributed by atoms with Crippen molar-refractivity contribution in [2.24, 2.45) is 11.5 Å². The van der Waals surface area contributed by atoms with Crippen molar-refractivity contribution in [3.8, 4) is 0 Å². The first-order chi connectivity index (χ1) is 12.1. The molecule has 13 nitrogen and oxygen atoms in total. The smallest absolute Gasteiger partial charge is 0.326 e. The molecular formula is C13H22N6O7. The Balaban J connectivity index is 4.11. The maximum atomic E-state index is 11.6. The highest BCUT2D eigenvalue weighted by molar-refractivity contribution is 5.91. The number of carbonyl (C=O) groups is 6. The average Bonchev–Trinajstić information content (AvgIpc) is 2.58. The molecule has 9 N–H and O–H groups in total. The maximum absolute atomic E-state index is 11.6. The number of nitrogens with one attached hydrogen (secondary N) is 4. The predicted molar refractivity (Wildman–Crippen MR) is 86.1 cm³/mol. The van der Waals surface area contributed by atoms with Crippen LogP contribution in [0.15, 0.2) is 0 Å². The highest BCUT2D eigenvalue weighted by Crippen LogP contribution is 1.97. The van der Waals surface area contributed by atoms with Gasteiger partial charge in [-0.1, -0.05) is 0 Å². The number of carboxylic acids is 1. The fourth-order valence-corrected chi connectivity index (χ4v) is 1.52. The van der Waals surface area contributed by atoms with E-state index in [2.05, 4.69) is 21.3 Å². The van der Waals surface area contributed by atoms with E-state index >= 15 is 0 Å². The first-order valence-electron chi connectivity index (χ1n) is 7.46. The molecule has 26 heavy (non-hydrogen) atoms. The Bertz CT molecular complexity index is 565. The Morgan fingerprint density at radius 3 is 1.69 bits per heavy atom. The van der Waals surface area contributed by atoms with Gasteiger partial charge in [-0.25, -0.2) is 4.79 Å². The van der Waals surface area contributed by atoms with Gasteiger partial charge in [0.25, 0.3) is 0 Å². The number of nitrogens with two attached hydrogens (primary N) is 2. The number of carboxylic acid groups (broad SMARTS) is 1. The topological polar surface area (TPSA) is 223 Å². The first kappa shape index (κ1) is 22.8. The summed E-state index contributed by atoms with van der Waals surface area (Å²) in [5, 5.41) is 17.6. The largest absolute Gasteiger partial charge is 0.480 e. The SMILES string of the molecule is NCC(=O)NCC(=O)NCC(=O)NCC(=O)N[C@@H](CCC(N)=O)C(=O)O. The van der Waals surface area contributed by atoms with Crippen LogP contribution < -0.4 is 32.7 Å². The number of amides is 5. The minimum Gasteiger partial charge on any atom is -0.480 e. The zero-order valence-electron chi connectivity index (χ0n) is 13.9. The normalized spacial score (nSPS) is 11.0. The Morgan fingerprint density at radius 1 is 0.808 bits per heavy atom. The Hall–Kier alpha value is -3.22. The van der Waals surface area contributed by atoms with Crippen LogP contribution in [0.1, 0.15) is 12.8 Å². The van der Waals surface area contributed by atoms with Crippen molar-refractivity contribution >= 4 is 35.5 Å². The van der Waals surface area contributed by atoms with Gasteiger partial charge in [0.1, 0.15) is 6.04 Å². The van der Waals surface area contributed by atoms with Crippen LogP contribution in [0.2, 0.25) is 0 Å². The molecule has 0 heterocycles. The van der Waals surface area contributed by atoms with Crippen LogP contribution >= 0.6 is 0 Å². The zero-order chi connectivity index (χ0) is 20.1. The van der Waals surface area contributed by atoms with E-state index in [9.17, 15) is 28.8 Å². The monoisotopic (exact) mass is 374 g/mol. The third kappa shape index (κ3) is 11.3. The quantitative estimate of drug-likeness (QED) is 0.175. The summed E-state index contributed by atoms with van der Waals surface area (Å²) < 4.78 is 0. The highest BCUT2D eigenvalue weighted by atomic mass is 16.4. The van der Waals surface area contributed by atoms with E-state index in [1.165, 1.54) is 0 Å². The maximum Gasteiger partial charge on any atom is 0.326 e. The molecule has 0 saturated carbocycles. The van der Waals surface area contributed by atoms with Crippen LogP contribution in [-0.2, 0) is 28.8 Å². The van der Waals surface area contributed by atoms with Gasteiger partial charge in [-0.2, -0.15) is 0 Å². The van der Waals surface area contributed by atoms with Crippen LogP contribution in [0.4, 0.5) is 0 Å². The molecular weight excluding hydrogens is 352 g/mol. The minimum atomic E-state index is -1.35. The Morgan fingerprint density at radius 2 is 1.27 bits per heavy atom. The summed E-state index contributed by atoms with van der Waals surface area (Å²) in [6.07, 6.45) is -0.411. The fourth-order valence-electron chi connectivity index (χ4n) is 1.52. The molecule has 0 aromatic carbocycles. The number of rotatable bonds is 12. The lowest BCUT2D eigenvalue weighted by Gasteiger charge is -2.14. The van der Waals surface area contributed by atoms with Crippen LogP contribution in [0.25, 0.3) is 0 Å². The van der Waals surface area contributed by atoms with Crippen LogP contribution in [-0.4, -0.2) is 72.8 Å². The highest BCUT2D eigenvalue weighted by Gasteiger charge is 2.20. The molecule has 146 valence electrons. The van der Waals surface area contributed by atoms with E-state index in [0.29, 0.717) is 0 Å². The number of carbonyl (C=O) groups excluding carboxylic acids is 5. The van der Waals surface area contributed by atoms with E-state index in [4.69, 9.17) is 16.6 Å². The lowest BCUT2D eigenvalue weighted by atomic mass is 10.1.